The third-order valence-electron chi connectivity index (χ3n) is 4.17. The number of aromatic nitrogens is 4. The molecule has 1 aliphatic rings. The van der Waals surface area contributed by atoms with Crippen LogP contribution in [-0.4, -0.2) is 42.3 Å². The smallest absolute Gasteiger partial charge is 0.262 e. The fourth-order valence-electron chi connectivity index (χ4n) is 2.87. The molecule has 2 amide bonds. The average Bonchev–Trinajstić information content (AvgIpc) is 3.20. The normalized spacial score (nSPS) is 13.3. The first-order valence-electron chi connectivity index (χ1n) is 8.12. The van der Waals surface area contributed by atoms with Gasteiger partial charge in [-0.15, -0.1) is 10.2 Å². The summed E-state index contributed by atoms with van der Waals surface area (Å²) in [5.41, 5.74) is 1.82. The molecule has 8 heteroatoms. The molecular weight excluding hydrogens is 350 g/mol. The third kappa shape index (κ3) is 2.68. The standard InChI is InChI=1S/C18H15N5O2S/c1-2-22-15(12-7-9-19-10-8-12)20-21-18(22)26-11-23-16(24)13-5-3-4-6-14(13)17(23)25/h3-10H,2,11H2,1H3. The maximum absolute atomic E-state index is 12.5. The topological polar surface area (TPSA) is 81.0 Å². The summed E-state index contributed by atoms with van der Waals surface area (Å²) in [6.45, 7) is 2.68. The fraction of sp³-hybridized carbons (Fsp3) is 0.167. The quantitative estimate of drug-likeness (QED) is 0.511. The van der Waals surface area contributed by atoms with E-state index in [4.69, 9.17) is 0 Å². The lowest BCUT2D eigenvalue weighted by atomic mass is 10.1. The monoisotopic (exact) mass is 365 g/mol. The van der Waals surface area contributed by atoms with Crippen LogP contribution in [-0.2, 0) is 6.54 Å². The Bertz CT molecular complexity index is 951. The molecule has 1 aromatic carbocycles. The van der Waals surface area contributed by atoms with Crippen LogP contribution in [0.5, 0.6) is 0 Å². The summed E-state index contributed by atoms with van der Waals surface area (Å²) in [6.07, 6.45) is 3.41. The summed E-state index contributed by atoms with van der Waals surface area (Å²) in [7, 11) is 0. The van der Waals surface area contributed by atoms with Gasteiger partial charge in [0.25, 0.3) is 11.8 Å². The Kier molecular flexibility index (Phi) is 4.26. The minimum absolute atomic E-state index is 0.195. The van der Waals surface area contributed by atoms with Gasteiger partial charge in [-0.25, -0.2) is 0 Å². The van der Waals surface area contributed by atoms with Gasteiger partial charge in [0.15, 0.2) is 11.0 Å². The number of fused-ring (bicyclic) bond motifs is 1. The molecule has 0 N–H and O–H groups in total. The first kappa shape index (κ1) is 16.5. The van der Waals surface area contributed by atoms with Crippen molar-refractivity contribution in [2.45, 2.75) is 18.6 Å². The lowest BCUT2D eigenvalue weighted by Gasteiger charge is -2.13. The van der Waals surface area contributed by atoms with Crippen LogP contribution < -0.4 is 0 Å². The number of pyridine rings is 1. The number of thioether (sulfide) groups is 1. The van der Waals surface area contributed by atoms with Crippen LogP contribution in [0.3, 0.4) is 0 Å². The predicted octanol–water partition coefficient (Wildman–Crippen LogP) is 2.71. The number of nitrogens with zero attached hydrogens (tertiary/aromatic N) is 5. The summed E-state index contributed by atoms with van der Waals surface area (Å²) < 4.78 is 1.96. The molecule has 1 aliphatic heterocycles. The van der Waals surface area contributed by atoms with Crippen molar-refractivity contribution in [1.82, 2.24) is 24.6 Å². The number of hydrogen-bond donors (Lipinski definition) is 0. The van der Waals surface area contributed by atoms with Gasteiger partial charge in [-0.1, -0.05) is 23.9 Å². The number of hydrogen-bond acceptors (Lipinski definition) is 6. The summed E-state index contributed by atoms with van der Waals surface area (Å²) >= 11 is 1.32. The second kappa shape index (κ2) is 6.72. The average molecular weight is 365 g/mol. The van der Waals surface area contributed by atoms with Gasteiger partial charge in [0.1, 0.15) is 0 Å². The van der Waals surface area contributed by atoms with Gasteiger partial charge in [0, 0.05) is 24.5 Å². The number of imide groups is 1. The molecule has 0 saturated carbocycles. The van der Waals surface area contributed by atoms with Crippen LogP contribution in [0.25, 0.3) is 11.4 Å². The van der Waals surface area contributed by atoms with Crippen LogP contribution in [0, 0.1) is 0 Å². The van der Waals surface area contributed by atoms with Gasteiger partial charge in [0.2, 0.25) is 0 Å². The number of rotatable bonds is 5. The molecule has 26 heavy (non-hydrogen) atoms. The number of benzene rings is 1. The second-order valence-corrected chi connectivity index (χ2v) is 6.56. The highest BCUT2D eigenvalue weighted by Crippen LogP contribution is 2.28. The zero-order chi connectivity index (χ0) is 18.1. The zero-order valence-corrected chi connectivity index (χ0v) is 14.8. The van der Waals surface area contributed by atoms with E-state index < -0.39 is 0 Å². The van der Waals surface area contributed by atoms with Crippen molar-refractivity contribution in [1.29, 1.82) is 0 Å². The molecule has 0 unspecified atom stereocenters. The van der Waals surface area contributed by atoms with E-state index in [1.54, 1.807) is 36.7 Å². The Labute approximate surface area is 154 Å². The first-order valence-corrected chi connectivity index (χ1v) is 9.11. The summed E-state index contributed by atoms with van der Waals surface area (Å²) in [6, 6.07) is 10.6. The molecule has 0 radical (unpaired) electrons. The molecule has 7 nitrogen and oxygen atoms in total. The Morgan fingerprint density at radius 3 is 2.23 bits per heavy atom. The van der Waals surface area contributed by atoms with Crippen molar-refractivity contribution in [3.05, 3.63) is 59.9 Å². The molecule has 2 aromatic heterocycles. The van der Waals surface area contributed by atoms with E-state index in [1.807, 2.05) is 23.6 Å². The summed E-state index contributed by atoms with van der Waals surface area (Å²) in [5.74, 6) is 0.394. The van der Waals surface area contributed by atoms with E-state index in [-0.39, 0.29) is 17.7 Å². The van der Waals surface area contributed by atoms with Crippen LogP contribution in [0.1, 0.15) is 27.6 Å². The van der Waals surface area contributed by atoms with E-state index in [9.17, 15) is 9.59 Å². The van der Waals surface area contributed by atoms with E-state index in [0.29, 0.717) is 22.8 Å². The van der Waals surface area contributed by atoms with Crippen molar-refractivity contribution in [3.63, 3.8) is 0 Å². The largest absolute Gasteiger partial charge is 0.302 e. The van der Waals surface area contributed by atoms with Crippen molar-refractivity contribution >= 4 is 23.6 Å². The van der Waals surface area contributed by atoms with Crippen molar-refractivity contribution in [2.24, 2.45) is 0 Å². The zero-order valence-electron chi connectivity index (χ0n) is 14.0. The minimum atomic E-state index is -0.268. The van der Waals surface area contributed by atoms with Gasteiger partial charge < -0.3 is 4.57 Å². The Morgan fingerprint density at radius 1 is 0.962 bits per heavy atom. The molecule has 3 heterocycles. The van der Waals surface area contributed by atoms with E-state index in [1.165, 1.54) is 16.7 Å². The highest BCUT2D eigenvalue weighted by molar-refractivity contribution is 7.99. The Hall–Kier alpha value is -3.00. The third-order valence-corrected chi connectivity index (χ3v) is 5.12. The first-order chi connectivity index (χ1) is 12.7. The molecule has 0 fully saturated rings. The van der Waals surface area contributed by atoms with Crippen molar-refractivity contribution in [2.75, 3.05) is 5.88 Å². The minimum Gasteiger partial charge on any atom is -0.302 e. The highest BCUT2D eigenvalue weighted by Gasteiger charge is 2.35. The molecule has 0 bridgehead atoms. The number of amides is 2. The summed E-state index contributed by atoms with van der Waals surface area (Å²) in [5, 5.41) is 9.15. The number of carbonyl (C=O) groups is 2. The highest BCUT2D eigenvalue weighted by atomic mass is 32.2. The van der Waals surface area contributed by atoms with E-state index >= 15 is 0 Å². The molecule has 0 aliphatic carbocycles. The predicted molar refractivity (Wildman–Crippen MR) is 96.6 cm³/mol. The molecule has 3 aromatic rings. The van der Waals surface area contributed by atoms with E-state index in [2.05, 4.69) is 15.2 Å². The lowest BCUT2D eigenvalue weighted by Crippen LogP contribution is -2.29. The summed E-state index contributed by atoms with van der Waals surface area (Å²) in [4.78, 5) is 30.2. The molecule has 0 saturated heterocycles. The van der Waals surface area contributed by atoms with Crippen LogP contribution in [0.2, 0.25) is 0 Å². The molecule has 130 valence electrons. The molecule has 0 atom stereocenters. The lowest BCUT2D eigenvalue weighted by molar-refractivity contribution is 0.0684. The van der Waals surface area contributed by atoms with Gasteiger partial charge in [-0.05, 0) is 31.2 Å². The van der Waals surface area contributed by atoms with Crippen molar-refractivity contribution in [3.8, 4) is 11.4 Å². The maximum atomic E-state index is 12.5. The van der Waals surface area contributed by atoms with Crippen molar-refractivity contribution < 1.29 is 9.59 Å². The maximum Gasteiger partial charge on any atom is 0.262 e. The Balaban J connectivity index is 1.56. The molecule has 0 spiro atoms. The molecule has 4 rings (SSSR count). The van der Waals surface area contributed by atoms with Gasteiger partial charge in [-0.3, -0.25) is 19.5 Å². The van der Waals surface area contributed by atoms with E-state index in [0.717, 1.165) is 11.4 Å². The van der Waals surface area contributed by atoms with Crippen LogP contribution in [0.15, 0.2) is 53.9 Å². The van der Waals surface area contributed by atoms with Gasteiger partial charge in [-0.2, -0.15) is 0 Å². The van der Waals surface area contributed by atoms with Gasteiger partial charge in [0.05, 0.1) is 17.0 Å². The SMILES string of the molecule is CCn1c(SCN2C(=O)c3ccccc3C2=O)nnc1-c1ccncc1. The second-order valence-electron chi connectivity index (χ2n) is 5.64. The van der Waals surface area contributed by atoms with Crippen LogP contribution in [0.4, 0.5) is 0 Å². The fourth-order valence-corrected chi connectivity index (χ4v) is 3.82. The van der Waals surface area contributed by atoms with Gasteiger partial charge >= 0.3 is 0 Å². The Morgan fingerprint density at radius 2 is 1.62 bits per heavy atom. The number of carbonyl (C=O) groups excluding carboxylic acids is 2. The molecular formula is C18H15N5O2S. The van der Waals surface area contributed by atoms with Crippen LogP contribution >= 0.6 is 11.8 Å².